The Hall–Kier alpha value is -3.66. The molecule has 0 bridgehead atoms. The molecule has 0 spiro atoms. The zero-order valence-electron chi connectivity index (χ0n) is 22.3. The van der Waals surface area contributed by atoms with Gasteiger partial charge in [0.25, 0.3) is 5.91 Å². The fourth-order valence-electron chi connectivity index (χ4n) is 5.53. The predicted molar refractivity (Wildman–Crippen MR) is 148 cm³/mol. The molecule has 39 heavy (non-hydrogen) atoms. The Balaban J connectivity index is 1.01. The second-order valence-corrected chi connectivity index (χ2v) is 10.5. The first kappa shape index (κ1) is 25.6. The van der Waals surface area contributed by atoms with Crippen LogP contribution < -0.4 is 19.7 Å². The first-order valence-corrected chi connectivity index (χ1v) is 14.1. The maximum Gasteiger partial charge on any atom is 0.260 e. The molecule has 10 nitrogen and oxygen atoms in total. The number of anilines is 2. The largest absolute Gasteiger partial charge is 0.481 e. The van der Waals surface area contributed by atoms with Crippen LogP contribution in [0.5, 0.6) is 11.6 Å². The van der Waals surface area contributed by atoms with E-state index in [-0.39, 0.29) is 24.7 Å². The summed E-state index contributed by atoms with van der Waals surface area (Å²) in [5.41, 5.74) is 0. The minimum atomic E-state index is 0.0182. The van der Waals surface area contributed by atoms with E-state index in [2.05, 4.69) is 44.5 Å². The van der Waals surface area contributed by atoms with Crippen LogP contribution in [-0.4, -0.2) is 83.9 Å². The van der Waals surface area contributed by atoms with Gasteiger partial charge < -0.3 is 29.3 Å². The van der Waals surface area contributed by atoms with Crippen molar-refractivity contribution in [3.8, 4) is 11.6 Å². The molecule has 2 aromatic heterocycles. The van der Waals surface area contributed by atoms with Gasteiger partial charge in [0.1, 0.15) is 11.9 Å². The summed E-state index contributed by atoms with van der Waals surface area (Å²) in [4.78, 5) is 30.0. The number of nitrogens with one attached hydrogen (secondary N) is 1. The standard InChI is InChI=1S/C29H36N6O4/c36-27(35-11-3-4-12-35)20-38-24-18-30-29(31-19-24)32-22-7-9-23(10-8-22)39-28-25-6-2-1-5-21(25)17-26(33-28)34-13-15-37-16-14-34/h1-2,5-6,17-19,22-23H,3-4,7-16,20H2,(H,30,31,32)/t22-,23+. The van der Waals surface area contributed by atoms with Crippen LogP contribution in [0.4, 0.5) is 11.8 Å². The van der Waals surface area contributed by atoms with Crippen molar-refractivity contribution in [1.82, 2.24) is 19.9 Å². The van der Waals surface area contributed by atoms with Gasteiger partial charge in [0.05, 0.1) is 25.6 Å². The molecule has 4 heterocycles. The number of carbonyl (C=O) groups is 1. The van der Waals surface area contributed by atoms with Crippen molar-refractivity contribution in [3.63, 3.8) is 0 Å². The van der Waals surface area contributed by atoms with Crippen molar-refractivity contribution in [1.29, 1.82) is 0 Å². The second kappa shape index (κ2) is 12.0. The molecule has 1 N–H and O–H groups in total. The molecule has 10 heteroatoms. The number of benzene rings is 1. The van der Waals surface area contributed by atoms with E-state index in [9.17, 15) is 4.79 Å². The Morgan fingerprint density at radius 3 is 2.51 bits per heavy atom. The zero-order chi connectivity index (χ0) is 26.4. The Morgan fingerprint density at radius 2 is 1.74 bits per heavy atom. The van der Waals surface area contributed by atoms with Crippen molar-refractivity contribution < 1.29 is 19.0 Å². The monoisotopic (exact) mass is 532 g/mol. The predicted octanol–water partition coefficient (Wildman–Crippen LogP) is 3.66. The first-order valence-electron chi connectivity index (χ1n) is 14.1. The molecule has 1 aromatic carbocycles. The van der Waals surface area contributed by atoms with Crippen molar-refractivity contribution in [2.24, 2.45) is 0 Å². The Labute approximate surface area is 228 Å². The number of rotatable bonds is 8. The van der Waals surface area contributed by atoms with Crippen LogP contribution in [0.1, 0.15) is 38.5 Å². The Kier molecular flexibility index (Phi) is 7.90. The molecule has 0 atom stereocenters. The van der Waals surface area contributed by atoms with Crippen LogP contribution in [0.2, 0.25) is 0 Å². The van der Waals surface area contributed by atoms with Crippen molar-refractivity contribution in [3.05, 3.63) is 42.7 Å². The number of amides is 1. The summed E-state index contributed by atoms with van der Waals surface area (Å²) in [5, 5.41) is 5.63. The van der Waals surface area contributed by atoms with Crippen molar-refractivity contribution in [2.45, 2.75) is 50.7 Å². The molecule has 3 aliphatic rings. The van der Waals surface area contributed by atoms with E-state index in [0.717, 1.165) is 94.5 Å². The summed E-state index contributed by atoms with van der Waals surface area (Å²) < 4.78 is 17.6. The lowest BCUT2D eigenvalue weighted by molar-refractivity contribution is -0.132. The molecule has 6 rings (SSSR count). The number of pyridine rings is 1. The van der Waals surface area contributed by atoms with Crippen LogP contribution >= 0.6 is 0 Å². The summed E-state index contributed by atoms with van der Waals surface area (Å²) in [6.45, 7) is 4.80. The lowest BCUT2D eigenvalue weighted by Crippen LogP contribution is -2.37. The van der Waals surface area contributed by atoms with E-state index in [1.54, 1.807) is 12.4 Å². The summed E-state index contributed by atoms with van der Waals surface area (Å²) in [5.74, 6) is 2.76. The number of hydrogen-bond donors (Lipinski definition) is 1. The average molecular weight is 533 g/mol. The highest BCUT2D eigenvalue weighted by atomic mass is 16.5. The van der Waals surface area contributed by atoms with Gasteiger partial charge >= 0.3 is 0 Å². The Bertz CT molecular complexity index is 1250. The number of ether oxygens (including phenoxy) is 3. The Morgan fingerprint density at radius 1 is 1.00 bits per heavy atom. The molecular weight excluding hydrogens is 496 g/mol. The maximum absolute atomic E-state index is 12.2. The van der Waals surface area contributed by atoms with E-state index in [0.29, 0.717) is 17.6 Å². The van der Waals surface area contributed by atoms with Crippen LogP contribution in [0.25, 0.3) is 10.8 Å². The third kappa shape index (κ3) is 6.33. The van der Waals surface area contributed by atoms with Gasteiger partial charge in [-0.15, -0.1) is 0 Å². The third-order valence-electron chi connectivity index (χ3n) is 7.76. The van der Waals surface area contributed by atoms with E-state index < -0.39 is 0 Å². The molecule has 3 fully saturated rings. The van der Waals surface area contributed by atoms with Gasteiger partial charge in [0, 0.05) is 37.6 Å². The number of hydrogen-bond acceptors (Lipinski definition) is 9. The van der Waals surface area contributed by atoms with Crippen LogP contribution in [0.15, 0.2) is 42.7 Å². The SMILES string of the molecule is O=C(COc1cnc(N[C@H]2CC[C@@H](Oc3nc(N4CCOCC4)cc4ccccc34)CC2)nc1)N1CCCC1. The quantitative estimate of drug-likeness (QED) is 0.466. The highest BCUT2D eigenvalue weighted by Crippen LogP contribution is 2.32. The number of likely N-dealkylation sites (tertiary alicyclic amines) is 1. The zero-order valence-corrected chi connectivity index (χ0v) is 22.3. The lowest BCUT2D eigenvalue weighted by Gasteiger charge is -2.31. The van der Waals surface area contributed by atoms with E-state index in [4.69, 9.17) is 19.2 Å². The normalized spacial score (nSPS) is 21.6. The lowest BCUT2D eigenvalue weighted by atomic mass is 9.93. The summed E-state index contributed by atoms with van der Waals surface area (Å²) in [7, 11) is 0. The number of nitrogens with zero attached hydrogens (tertiary/aromatic N) is 5. The smallest absolute Gasteiger partial charge is 0.260 e. The molecule has 1 amide bonds. The molecule has 0 radical (unpaired) electrons. The third-order valence-corrected chi connectivity index (χ3v) is 7.76. The van der Waals surface area contributed by atoms with E-state index in [1.807, 2.05) is 11.0 Å². The molecule has 1 aliphatic carbocycles. The molecular formula is C29H36N6O4. The van der Waals surface area contributed by atoms with Gasteiger partial charge in [-0.2, -0.15) is 4.98 Å². The topological polar surface area (TPSA) is 102 Å². The fraction of sp³-hybridized carbons (Fsp3) is 0.517. The van der Waals surface area contributed by atoms with Gasteiger partial charge in [-0.3, -0.25) is 4.79 Å². The first-order chi connectivity index (χ1) is 19.2. The number of aromatic nitrogens is 3. The number of carbonyl (C=O) groups excluding carboxylic acids is 1. The van der Waals surface area contributed by atoms with Gasteiger partial charge in [-0.25, -0.2) is 9.97 Å². The van der Waals surface area contributed by atoms with Crippen molar-refractivity contribution in [2.75, 3.05) is 56.2 Å². The maximum atomic E-state index is 12.2. The highest BCUT2D eigenvalue weighted by Gasteiger charge is 2.25. The van der Waals surface area contributed by atoms with Crippen LogP contribution in [-0.2, 0) is 9.53 Å². The molecule has 1 saturated carbocycles. The molecule has 3 aromatic rings. The number of morpholine rings is 1. The molecule has 206 valence electrons. The van der Waals surface area contributed by atoms with Crippen LogP contribution in [0.3, 0.4) is 0 Å². The fourth-order valence-corrected chi connectivity index (χ4v) is 5.53. The summed E-state index contributed by atoms with van der Waals surface area (Å²) in [6, 6.07) is 10.7. The molecule has 2 aliphatic heterocycles. The van der Waals surface area contributed by atoms with Gasteiger partial charge in [-0.05, 0) is 56.0 Å². The van der Waals surface area contributed by atoms with Crippen molar-refractivity contribution >= 4 is 28.4 Å². The summed E-state index contributed by atoms with van der Waals surface area (Å²) >= 11 is 0. The van der Waals surface area contributed by atoms with Gasteiger partial charge in [-0.1, -0.05) is 18.2 Å². The molecule has 0 unspecified atom stereocenters. The summed E-state index contributed by atoms with van der Waals surface area (Å²) in [6.07, 6.45) is 9.26. The van der Waals surface area contributed by atoms with Gasteiger partial charge in [0.2, 0.25) is 11.8 Å². The van der Waals surface area contributed by atoms with Gasteiger partial charge in [0.15, 0.2) is 12.4 Å². The highest BCUT2D eigenvalue weighted by molar-refractivity contribution is 5.89. The molecule has 2 saturated heterocycles. The van der Waals surface area contributed by atoms with E-state index >= 15 is 0 Å². The van der Waals surface area contributed by atoms with E-state index in [1.165, 1.54) is 0 Å². The second-order valence-electron chi connectivity index (χ2n) is 10.5. The minimum absolute atomic E-state index is 0.0182. The average Bonchev–Trinajstić information content (AvgIpc) is 3.54. The number of fused-ring (bicyclic) bond motifs is 1. The minimum Gasteiger partial charge on any atom is -0.481 e. The van der Waals surface area contributed by atoms with Crippen LogP contribution in [0, 0.1) is 0 Å².